The van der Waals surface area contributed by atoms with Gasteiger partial charge in [0, 0.05) is 16.0 Å². The van der Waals surface area contributed by atoms with E-state index in [1.807, 2.05) is 60.7 Å². The van der Waals surface area contributed by atoms with Gasteiger partial charge in [0.1, 0.15) is 5.82 Å². The summed E-state index contributed by atoms with van der Waals surface area (Å²) in [5, 5.41) is 1.38. The Hall–Kier alpha value is -1.83. The molecule has 0 unspecified atom stereocenters. The standard InChI is InChI=1S/C19H13Cl2F/c20-16-7-1-13(2-8-16)19(14-3-9-17(21)10-4-14)15-5-11-18(22)12-6-15/h1-12,19H. The van der Waals surface area contributed by atoms with Gasteiger partial charge in [-0.2, -0.15) is 0 Å². The Labute approximate surface area is 139 Å². The average Bonchev–Trinajstić information content (AvgIpc) is 2.53. The zero-order chi connectivity index (χ0) is 15.5. The third kappa shape index (κ3) is 3.32. The molecule has 0 radical (unpaired) electrons. The first-order valence-corrected chi connectivity index (χ1v) is 7.65. The minimum atomic E-state index is -0.241. The molecule has 3 heteroatoms. The lowest BCUT2D eigenvalue weighted by Crippen LogP contribution is -2.03. The molecule has 0 amide bonds. The van der Waals surface area contributed by atoms with Gasteiger partial charge in [0.25, 0.3) is 0 Å². The summed E-state index contributed by atoms with van der Waals surface area (Å²) >= 11 is 12.0. The molecular formula is C19H13Cl2F. The fourth-order valence-electron chi connectivity index (χ4n) is 2.54. The van der Waals surface area contributed by atoms with E-state index in [2.05, 4.69) is 0 Å². The highest BCUT2D eigenvalue weighted by atomic mass is 35.5. The molecule has 0 saturated heterocycles. The van der Waals surface area contributed by atoms with Crippen LogP contribution in [0, 0.1) is 5.82 Å². The Bertz CT molecular complexity index is 639. The second-order valence-electron chi connectivity index (χ2n) is 5.09. The first-order valence-electron chi connectivity index (χ1n) is 6.90. The third-order valence-corrected chi connectivity index (χ3v) is 4.11. The van der Waals surface area contributed by atoms with E-state index in [1.54, 1.807) is 0 Å². The van der Waals surface area contributed by atoms with Crippen molar-refractivity contribution < 1.29 is 4.39 Å². The molecule has 0 aliphatic heterocycles. The molecule has 0 aliphatic rings. The minimum Gasteiger partial charge on any atom is -0.207 e. The van der Waals surface area contributed by atoms with Crippen LogP contribution in [-0.4, -0.2) is 0 Å². The zero-order valence-electron chi connectivity index (χ0n) is 11.6. The topological polar surface area (TPSA) is 0 Å². The Morgan fingerprint density at radius 1 is 0.545 bits per heavy atom. The van der Waals surface area contributed by atoms with Gasteiger partial charge in [-0.25, -0.2) is 4.39 Å². The summed E-state index contributed by atoms with van der Waals surface area (Å²) < 4.78 is 13.2. The Kier molecular flexibility index (Phi) is 4.47. The number of hydrogen-bond acceptors (Lipinski definition) is 0. The van der Waals surface area contributed by atoms with Crippen LogP contribution in [0.15, 0.2) is 72.8 Å². The summed E-state index contributed by atoms with van der Waals surface area (Å²) in [6, 6.07) is 22.0. The molecule has 22 heavy (non-hydrogen) atoms. The van der Waals surface area contributed by atoms with Crippen molar-refractivity contribution in [2.45, 2.75) is 5.92 Å². The number of halogens is 3. The summed E-state index contributed by atoms with van der Waals surface area (Å²) in [6.45, 7) is 0. The fraction of sp³-hybridized carbons (Fsp3) is 0.0526. The predicted molar refractivity (Wildman–Crippen MR) is 90.2 cm³/mol. The van der Waals surface area contributed by atoms with Gasteiger partial charge in [-0.05, 0) is 53.1 Å². The molecule has 3 aromatic rings. The lowest BCUT2D eigenvalue weighted by atomic mass is 9.85. The third-order valence-electron chi connectivity index (χ3n) is 3.61. The molecule has 0 aromatic heterocycles. The molecule has 0 nitrogen and oxygen atoms in total. The summed E-state index contributed by atoms with van der Waals surface area (Å²) in [7, 11) is 0. The van der Waals surface area contributed by atoms with E-state index in [0.717, 1.165) is 16.7 Å². The quantitative estimate of drug-likeness (QED) is 0.493. The van der Waals surface area contributed by atoms with Crippen LogP contribution in [-0.2, 0) is 0 Å². The van der Waals surface area contributed by atoms with Crippen molar-refractivity contribution >= 4 is 23.2 Å². The average molecular weight is 331 g/mol. The smallest absolute Gasteiger partial charge is 0.123 e. The first kappa shape index (κ1) is 15.1. The maximum Gasteiger partial charge on any atom is 0.123 e. The highest BCUT2D eigenvalue weighted by molar-refractivity contribution is 6.30. The highest BCUT2D eigenvalue weighted by Crippen LogP contribution is 2.33. The van der Waals surface area contributed by atoms with Crippen LogP contribution in [0.2, 0.25) is 10.0 Å². The van der Waals surface area contributed by atoms with Gasteiger partial charge in [-0.15, -0.1) is 0 Å². The predicted octanol–water partition coefficient (Wildman–Crippen LogP) is 6.31. The molecule has 0 spiro atoms. The van der Waals surface area contributed by atoms with E-state index in [0.29, 0.717) is 10.0 Å². The monoisotopic (exact) mass is 330 g/mol. The van der Waals surface area contributed by atoms with Crippen molar-refractivity contribution in [3.63, 3.8) is 0 Å². The number of benzene rings is 3. The molecule has 0 N–H and O–H groups in total. The lowest BCUT2D eigenvalue weighted by molar-refractivity contribution is 0.627. The largest absolute Gasteiger partial charge is 0.207 e. The van der Waals surface area contributed by atoms with Gasteiger partial charge in [0.2, 0.25) is 0 Å². The van der Waals surface area contributed by atoms with E-state index in [4.69, 9.17) is 23.2 Å². The van der Waals surface area contributed by atoms with E-state index in [1.165, 1.54) is 12.1 Å². The molecular weight excluding hydrogens is 318 g/mol. The van der Waals surface area contributed by atoms with Crippen LogP contribution >= 0.6 is 23.2 Å². The highest BCUT2D eigenvalue weighted by Gasteiger charge is 2.16. The van der Waals surface area contributed by atoms with E-state index < -0.39 is 0 Å². The molecule has 0 saturated carbocycles. The Balaban J connectivity index is 2.10. The fourth-order valence-corrected chi connectivity index (χ4v) is 2.80. The number of hydrogen-bond donors (Lipinski definition) is 0. The maximum absolute atomic E-state index is 13.2. The molecule has 0 bridgehead atoms. The summed E-state index contributed by atoms with van der Waals surface area (Å²) in [5.74, 6) is -0.232. The summed E-state index contributed by atoms with van der Waals surface area (Å²) in [4.78, 5) is 0. The SMILES string of the molecule is Fc1ccc(C(c2ccc(Cl)cc2)c2ccc(Cl)cc2)cc1. The van der Waals surface area contributed by atoms with Crippen LogP contribution in [0.4, 0.5) is 4.39 Å². The Morgan fingerprint density at radius 3 is 1.23 bits per heavy atom. The van der Waals surface area contributed by atoms with E-state index >= 15 is 0 Å². The van der Waals surface area contributed by atoms with Gasteiger partial charge in [-0.1, -0.05) is 59.6 Å². The summed E-state index contributed by atoms with van der Waals surface area (Å²) in [5.41, 5.74) is 3.21. The van der Waals surface area contributed by atoms with Gasteiger partial charge in [0.15, 0.2) is 0 Å². The van der Waals surface area contributed by atoms with Gasteiger partial charge in [0.05, 0.1) is 0 Å². The molecule has 0 heterocycles. The van der Waals surface area contributed by atoms with Crippen molar-refractivity contribution in [3.8, 4) is 0 Å². The minimum absolute atomic E-state index is 0.00938. The van der Waals surface area contributed by atoms with Gasteiger partial charge < -0.3 is 0 Å². The molecule has 3 aromatic carbocycles. The maximum atomic E-state index is 13.2. The second-order valence-corrected chi connectivity index (χ2v) is 5.96. The van der Waals surface area contributed by atoms with Crippen LogP contribution in [0.1, 0.15) is 22.6 Å². The van der Waals surface area contributed by atoms with Gasteiger partial charge in [-0.3, -0.25) is 0 Å². The van der Waals surface area contributed by atoms with Crippen molar-refractivity contribution in [1.82, 2.24) is 0 Å². The van der Waals surface area contributed by atoms with Crippen LogP contribution in [0.25, 0.3) is 0 Å². The van der Waals surface area contributed by atoms with E-state index in [9.17, 15) is 4.39 Å². The number of rotatable bonds is 3. The van der Waals surface area contributed by atoms with Crippen LogP contribution < -0.4 is 0 Å². The summed E-state index contributed by atoms with van der Waals surface area (Å²) in [6.07, 6.45) is 0. The normalized spacial score (nSPS) is 10.9. The van der Waals surface area contributed by atoms with E-state index in [-0.39, 0.29) is 11.7 Å². The van der Waals surface area contributed by atoms with Crippen LogP contribution in [0.5, 0.6) is 0 Å². The van der Waals surface area contributed by atoms with Gasteiger partial charge >= 0.3 is 0 Å². The second kappa shape index (κ2) is 6.51. The van der Waals surface area contributed by atoms with Crippen molar-refractivity contribution in [3.05, 3.63) is 105 Å². The van der Waals surface area contributed by atoms with Crippen molar-refractivity contribution in [1.29, 1.82) is 0 Å². The molecule has 110 valence electrons. The Morgan fingerprint density at radius 2 is 0.864 bits per heavy atom. The van der Waals surface area contributed by atoms with Crippen LogP contribution in [0.3, 0.4) is 0 Å². The molecule has 3 rings (SSSR count). The van der Waals surface area contributed by atoms with Crippen molar-refractivity contribution in [2.24, 2.45) is 0 Å². The molecule has 0 fully saturated rings. The lowest BCUT2D eigenvalue weighted by Gasteiger charge is -2.19. The molecule has 0 atom stereocenters. The molecule has 0 aliphatic carbocycles. The van der Waals surface area contributed by atoms with Crippen molar-refractivity contribution in [2.75, 3.05) is 0 Å². The zero-order valence-corrected chi connectivity index (χ0v) is 13.2. The first-order chi connectivity index (χ1) is 10.6.